The summed E-state index contributed by atoms with van der Waals surface area (Å²) in [5, 5.41) is 0. The fourth-order valence-corrected chi connectivity index (χ4v) is 0.723. The van der Waals surface area contributed by atoms with Gasteiger partial charge in [-0.05, 0) is 12.5 Å². The van der Waals surface area contributed by atoms with Crippen LogP contribution >= 0.6 is 13.5 Å². The molecule has 0 unspecified atom stereocenters. The second-order valence-corrected chi connectivity index (χ2v) is 2.15. The zero-order chi connectivity index (χ0) is 6.69. The van der Waals surface area contributed by atoms with Crippen LogP contribution in [0.1, 0.15) is 12.5 Å². The molecular weight excluding hydrogens is 140 g/mol. The summed E-state index contributed by atoms with van der Waals surface area (Å²) in [5.41, 5.74) is 2.34. The second kappa shape index (κ2) is 4.18. The number of allylic oxidation sites excluding steroid dienone is 1. The fraction of sp³-hybridized carbons (Fsp3) is 0.111. The molecule has 0 N–H and O–H groups in total. The van der Waals surface area contributed by atoms with Gasteiger partial charge >= 0.3 is 0 Å². The fourth-order valence-electron chi connectivity index (χ4n) is 0.723. The predicted octanol–water partition coefficient (Wildman–Crippen LogP) is 2.83. The number of hydrogen-bond acceptors (Lipinski definition) is 0. The highest BCUT2D eigenvalue weighted by Gasteiger charge is 1.86. The van der Waals surface area contributed by atoms with Gasteiger partial charge in [-0.25, -0.2) is 0 Å². The molecule has 0 nitrogen and oxygen atoms in total. The third kappa shape index (κ3) is 2.28. The lowest BCUT2D eigenvalue weighted by atomic mass is 10.1. The van der Waals surface area contributed by atoms with Crippen LogP contribution in [0, 0.1) is 0 Å². The molecule has 54 valence electrons. The Bertz CT molecular complexity index is 201. The number of hydrogen-bond donors (Lipinski definition) is 0. The second-order valence-electron chi connectivity index (χ2n) is 2.15. The Morgan fingerprint density at radius 1 is 1.20 bits per heavy atom. The maximum Gasteiger partial charge on any atom is -0.0233 e. The zero-order valence-corrected chi connectivity index (χ0v) is 7.09. The Kier molecular flexibility index (Phi) is 3.89. The van der Waals surface area contributed by atoms with Crippen molar-refractivity contribution in [3.8, 4) is 0 Å². The van der Waals surface area contributed by atoms with E-state index in [9.17, 15) is 0 Å². The van der Waals surface area contributed by atoms with Crippen molar-refractivity contribution in [1.82, 2.24) is 0 Å². The molecule has 10 heavy (non-hydrogen) atoms. The Morgan fingerprint density at radius 2 is 1.70 bits per heavy atom. The average molecular weight is 152 g/mol. The largest absolute Gasteiger partial charge is 0.197 e. The molecule has 0 amide bonds. The van der Waals surface area contributed by atoms with E-state index in [0.29, 0.717) is 0 Å². The summed E-state index contributed by atoms with van der Waals surface area (Å²) in [6.45, 7) is 5.83. The van der Waals surface area contributed by atoms with Gasteiger partial charge in [0, 0.05) is 0 Å². The first kappa shape index (κ1) is 9.31. The van der Waals surface area contributed by atoms with Crippen molar-refractivity contribution in [2.24, 2.45) is 0 Å². The summed E-state index contributed by atoms with van der Waals surface area (Å²) >= 11 is 0. The first-order chi connectivity index (χ1) is 4.30. The molecule has 1 rings (SSSR count). The smallest absolute Gasteiger partial charge is 0.0233 e. The van der Waals surface area contributed by atoms with E-state index < -0.39 is 0 Å². The van der Waals surface area contributed by atoms with Crippen molar-refractivity contribution in [2.45, 2.75) is 6.92 Å². The molecule has 1 heteroatoms. The summed E-state index contributed by atoms with van der Waals surface area (Å²) < 4.78 is 0. The molecule has 1 aromatic rings. The molecule has 0 bridgehead atoms. The number of benzene rings is 1. The quantitative estimate of drug-likeness (QED) is 0.580. The van der Waals surface area contributed by atoms with Crippen LogP contribution in [0.25, 0.3) is 5.57 Å². The summed E-state index contributed by atoms with van der Waals surface area (Å²) in [4.78, 5) is 0. The molecule has 0 aliphatic carbocycles. The van der Waals surface area contributed by atoms with Gasteiger partial charge in [-0.3, -0.25) is 0 Å². The zero-order valence-electron chi connectivity index (χ0n) is 6.09. The minimum Gasteiger partial charge on any atom is -0.197 e. The summed E-state index contributed by atoms with van der Waals surface area (Å²) in [5.74, 6) is 0. The summed E-state index contributed by atoms with van der Waals surface area (Å²) in [6, 6.07) is 10.2. The van der Waals surface area contributed by atoms with Gasteiger partial charge in [-0.2, -0.15) is 13.5 Å². The van der Waals surface area contributed by atoms with Crippen LogP contribution in [0.5, 0.6) is 0 Å². The first-order valence-corrected chi connectivity index (χ1v) is 3.01. The van der Waals surface area contributed by atoms with Crippen molar-refractivity contribution in [2.75, 3.05) is 0 Å². The maximum atomic E-state index is 3.83. The highest BCUT2D eigenvalue weighted by Crippen LogP contribution is 2.08. The molecule has 0 radical (unpaired) electrons. The Morgan fingerprint density at radius 3 is 2.00 bits per heavy atom. The summed E-state index contributed by atoms with van der Waals surface area (Å²) in [7, 11) is 0. The average Bonchev–Trinajstić information content (AvgIpc) is 1.90. The van der Waals surface area contributed by atoms with E-state index in [1.54, 1.807) is 0 Å². The standard InChI is InChI=1S/C9H10.H2S/c1-8(2)9-6-4-3-5-7-9;/h3-7H,1H2,2H3;1H2. The Hall–Kier alpha value is -0.690. The molecule has 0 aromatic heterocycles. The SMILES string of the molecule is C=C(C)c1ccccc1.S. The van der Waals surface area contributed by atoms with Crippen molar-refractivity contribution >= 4 is 19.1 Å². The Labute approximate surface area is 69.0 Å². The minimum atomic E-state index is 0. The predicted molar refractivity (Wildman–Crippen MR) is 51.5 cm³/mol. The van der Waals surface area contributed by atoms with Crippen molar-refractivity contribution in [3.63, 3.8) is 0 Å². The van der Waals surface area contributed by atoms with Crippen LogP contribution in [0.4, 0.5) is 0 Å². The van der Waals surface area contributed by atoms with Crippen LogP contribution in [0.15, 0.2) is 36.9 Å². The van der Waals surface area contributed by atoms with E-state index in [2.05, 4.69) is 18.7 Å². The molecule has 0 aliphatic rings. The van der Waals surface area contributed by atoms with Gasteiger partial charge in [-0.1, -0.05) is 42.5 Å². The molecule has 0 atom stereocenters. The lowest BCUT2D eigenvalue weighted by Gasteiger charge is -1.94. The highest BCUT2D eigenvalue weighted by atomic mass is 32.1. The molecule has 0 fully saturated rings. The minimum absolute atomic E-state index is 0. The molecule has 0 aliphatic heterocycles. The van der Waals surface area contributed by atoms with E-state index in [1.165, 1.54) is 5.56 Å². The normalized spacial score (nSPS) is 8.10. The van der Waals surface area contributed by atoms with Crippen LogP contribution < -0.4 is 0 Å². The molecule has 0 heterocycles. The van der Waals surface area contributed by atoms with Gasteiger partial charge in [0.25, 0.3) is 0 Å². The van der Waals surface area contributed by atoms with Crippen molar-refractivity contribution in [3.05, 3.63) is 42.5 Å². The van der Waals surface area contributed by atoms with E-state index in [-0.39, 0.29) is 13.5 Å². The van der Waals surface area contributed by atoms with Gasteiger partial charge < -0.3 is 0 Å². The van der Waals surface area contributed by atoms with Gasteiger partial charge in [0.1, 0.15) is 0 Å². The van der Waals surface area contributed by atoms with Crippen LogP contribution in [0.3, 0.4) is 0 Å². The Balaban J connectivity index is 0.000000810. The van der Waals surface area contributed by atoms with E-state index >= 15 is 0 Å². The van der Waals surface area contributed by atoms with Crippen molar-refractivity contribution in [1.29, 1.82) is 0 Å². The molecule has 0 saturated heterocycles. The highest BCUT2D eigenvalue weighted by molar-refractivity contribution is 7.59. The third-order valence-electron chi connectivity index (χ3n) is 1.27. The third-order valence-corrected chi connectivity index (χ3v) is 1.27. The molecular formula is C9H12S. The van der Waals surface area contributed by atoms with Crippen molar-refractivity contribution < 1.29 is 0 Å². The van der Waals surface area contributed by atoms with Crippen LogP contribution in [-0.2, 0) is 0 Å². The van der Waals surface area contributed by atoms with Crippen LogP contribution in [-0.4, -0.2) is 0 Å². The first-order valence-electron chi connectivity index (χ1n) is 3.01. The summed E-state index contributed by atoms with van der Waals surface area (Å²) in [6.07, 6.45) is 0. The lowest BCUT2D eigenvalue weighted by Crippen LogP contribution is -1.72. The van der Waals surface area contributed by atoms with E-state index in [4.69, 9.17) is 0 Å². The van der Waals surface area contributed by atoms with Gasteiger partial charge in [0.05, 0.1) is 0 Å². The maximum absolute atomic E-state index is 3.83. The van der Waals surface area contributed by atoms with E-state index in [0.717, 1.165) is 5.57 Å². The van der Waals surface area contributed by atoms with E-state index in [1.807, 2.05) is 25.1 Å². The molecule has 0 saturated carbocycles. The topological polar surface area (TPSA) is 0 Å². The van der Waals surface area contributed by atoms with Gasteiger partial charge in [0.2, 0.25) is 0 Å². The van der Waals surface area contributed by atoms with Gasteiger partial charge in [-0.15, -0.1) is 0 Å². The molecule has 1 aromatic carbocycles. The lowest BCUT2D eigenvalue weighted by molar-refractivity contribution is 1.58. The monoisotopic (exact) mass is 152 g/mol. The van der Waals surface area contributed by atoms with Crippen LogP contribution in [0.2, 0.25) is 0 Å². The molecule has 0 spiro atoms. The number of rotatable bonds is 1. The van der Waals surface area contributed by atoms with Gasteiger partial charge in [0.15, 0.2) is 0 Å².